The van der Waals surface area contributed by atoms with Crippen LogP contribution in [-0.4, -0.2) is 6.03 Å². The van der Waals surface area contributed by atoms with Crippen molar-refractivity contribution in [2.45, 2.75) is 0 Å². The number of urea groups is 1. The maximum Gasteiger partial charge on any atom is 0.309 e. The van der Waals surface area contributed by atoms with Gasteiger partial charge in [-0.1, -0.05) is 18.2 Å². The van der Waals surface area contributed by atoms with Crippen LogP contribution in [0.1, 0.15) is 0 Å². The molecule has 0 radical (unpaired) electrons. The first-order valence-electron chi connectivity index (χ1n) is 3.67. The molecule has 0 aliphatic rings. The smallest absolute Gasteiger partial charge is 0.309 e. The Morgan fingerprint density at radius 3 is 2.38 bits per heavy atom. The molecule has 1 aromatic heterocycles. The third kappa shape index (κ3) is 3.13. The van der Waals surface area contributed by atoms with Gasteiger partial charge in [0.25, 0.3) is 0 Å². The van der Waals surface area contributed by atoms with E-state index in [1.54, 1.807) is 11.3 Å². The monoisotopic (exact) mass is 194 g/mol. The summed E-state index contributed by atoms with van der Waals surface area (Å²) in [4.78, 5) is 9.00. The Labute approximate surface area is 80.0 Å². The average molecular weight is 194 g/mol. The first-order chi connectivity index (χ1) is 6.20. The molecule has 0 saturated heterocycles. The lowest BCUT2D eigenvalue weighted by molar-refractivity contribution is 0.256. The van der Waals surface area contributed by atoms with E-state index in [4.69, 9.17) is 4.79 Å². The molecule has 2 amide bonds. The fraction of sp³-hybridized carbons (Fsp3) is 0. The first-order valence-corrected chi connectivity index (χ1v) is 4.55. The Balaban J connectivity index is 0.000000184. The molecule has 1 aromatic carbocycles. The molecule has 4 N–H and O–H groups in total. The molecular weight excluding hydrogens is 184 g/mol. The van der Waals surface area contributed by atoms with Gasteiger partial charge < -0.3 is 11.5 Å². The Morgan fingerprint density at radius 1 is 1.15 bits per heavy atom. The number of benzene rings is 1. The number of hydrogen-bond donors (Lipinski definition) is 2. The summed E-state index contributed by atoms with van der Waals surface area (Å²) < 4.78 is 1.37. The van der Waals surface area contributed by atoms with E-state index in [1.165, 1.54) is 10.1 Å². The van der Waals surface area contributed by atoms with E-state index in [2.05, 4.69) is 47.2 Å². The predicted octanol–water partition coefficient (Wildman–Crippen LogP) is 1.93. The van der Waals surface area contributed by atoms with Gasteiger partial charge in [0.1, 0.15) is 0 Å². The minimum atomic E-state index is -0.833. The standard InChI is InChI=1S/C8H6S.CH4N2O/c1-2-4-8-7(3-1)5-6-9-8;2-1(3)4/h1-6H;(H4,2,3,4). The molecule has 0 aliphatic heterocycles. The number of rotatable bonds is 0. The van der Waals surface area contributed by atoms with Crippen LogP contribution in [0.2, 0.25) is 0 Å². The van der Waals surface area contributed by atoms with Gasteiger partial charge in [0, 0.05) is 4.70 Å². The van der Waals surface area contributed by atoms with Crippen LogP contribution in [-0.2, 0) is 0 Å². The molecule has 0 bridgehead atoms. The van der Waals surface area contributed by atoms with Crippen molar-refractivity contribution in [1.82, 2.24) is 0 Å². The highest BCUT2D eigenvalue weighted by Gasteiger charge is 1.87. The van der Waals surface area contributed by atoms with Crippen molar-refractivity contribution in [3.05, 3.63) is 35.7 Å². The van der Waals surface area contributed by atoms with E-state index in [9.17, 15) is 0 Å². The van der Waals surface area contributed by atoms with Gasteiger partial charge in [-0.3, -0.25) is 0 Å². The summed E-state index contributed by atoms with van der Waals surface area (Å²) >= 11 is 1.79. The van der Waals surface area contributed by atoms with E-state index >= 15 is 0 Å². The largest absolute Gasteiger partial charge is 0.352 e. The van der Waals surface area contributed by atoms with Crippen molar-refractivity contribution in [3.8, 4) is 0 Å². The van der Waals surface area contributed by atoms with E-state index in [0.29, 0.717) is 0 Å². The molecule has 0 aliphatic carbocycles. The van der Waals surface area contributed by atoms with Crippen molar-refractivity contribution in [2.75, 3.05) is 0 Å². The van der Waals surface area contributed by atoms with Crippen LogP contribution in [0.3, 0.4) is 0 Å². The molecule has 68 valence electrons. The van der Waals surface area contributed by atoms with Gasteiger partial charge in [-0.2, -0.15) is 0 Å². The molecule has 2 rings (SSSR count). The number of nitrogens with two attached hydrogens (primary N) is 2. The zero-order chi connectivity index (χ0) is 9.68. The normalized spacial score (nSPS) is 8.92. The fourth-order valence-electron chi connectivity index (χ4n) is 0.906. The van der Waals surface area contributed by atoms with E-state index < -0.39 is 6.03 Å². The summed E-state index contributed by atoms with van der Waals surface area (Å²) in [7, 11) is 0. The van der Waals surface area contributed by atoms with Gasteiger partial charge in [-0.25, -0.2) is 4.79 Å². The maximum atomic E-state index is 9.00. The van der Waals surface area contributed by atoms with Gasteiger partial charge in [0.05, 0.1) is 0 Å². The van der Waals surface area contributed by atoms with Crippen LogP contribution < -0.4 is 11.5 Å². The number of fused-ring (bicyclic) bond motifs is 1. The van der Waals surface area contributed by atoms with E-state index in [0.717, 1.165) is 0 Å². The molecule has 3 nitrogen and oxygen atoms in total. The number of primary amides is 2. The van der Waals surface area contributed by atoms with Crippen LogP contribution in [0, 0.1) is 0 Å². The predicted molar refractivity (Wildman–Crippen MR) is 55.6 cm³/mol. The van der Waals surface area contributed by atoms with Gasteiger partial charge >= 0.3 is 6.03 Å². The zero-order valence-corrected chi connectivity index (χ0v) is 7.75. The highest BCUT2D eigenvalue weighted by molar-refractivity contribution is 7.17. The fourth-order valence-corrected chi connectivity index (χ4v) is 1.70. The summed E-state index contributed by atoms with van der Waals surface area (Å²) in [5.41, 5.74) is 8.50. The molecule has 13 heavy (non-hydrogen) atoms. The highest BCUT2D eigenvalue weighted by Crippen LogP contribution is 2.18. The van der Waals surface area contributed by atoms with Crippen LogP contribution in [0.4, 0.5) is 4.79 Å². The van der Waals surface area contributed by atoms with Crippen molar-refractivity contribution < 1.29 is 4.79 Å². The number of thiophene rings is 1. The second-order valence-electron chi connectivity index (χ2n) is 2.36. The minimum absolute atomic E-state index is 0.833. The van der Waals surface area contributed by atoms with Crippen molar-refractivity contribution in [3.63, 3.8) is 0 Å². The number of carbonyl (C=O) groups excluding carboxylic acids is 1. The van der Waals surface area contributed by atoms with E-state index in [-0.39, 0.29) is 0 Å². The lowest BCUT2D eigenvalue weighted by atomic mass is 10.3. The molecule has 4 heteroatoms. The van der Waals surface area contributed by atoms with Crippen molar-refractivity contribution in [2.24, 2.45) is 11.5 Å². The van der Waals surface area contributed by atoms with Crippen LogP contribution >= 0.6 is 11.3 Å². The van der Waals surface area contributed by atoms with Crippen LogP contribution in [0.25, 0.3) is 10.1 Å². The Morgan fingerprint density at radius 2 is 1.77 bits per heavy atom. The summed E-state index contributed by atoms with van der Waals surface area (Å²) in [5, 5.41) is 3.47. The molecule has 0 unspecified atom stereocenters. The Bertz CT molecular complexity index is 363. The molecule has 2 aromatic rings. The molecule has 1 heterocycles. The summed E-state index contributed by atoms with van der Waals surface area (Å²) in [6.45, 7) is 0. The quantitative estimate of drug-likeness (QED) is 0.661. The number of hydrogen-bond acceptors (Lipinski definition) is 2. The second-order valence-corrected chi connectivity index (χ2v) is 3.31. The average Bonchev–Trinajstić information content (AvgIpc) is 2.49. The van der Waals surface area contributed by atoms with Crippen molar-refractivity contribution in [1.29, 1.82) is 0 Å². The van der Waals surface area contributed by atoms with Gasteiger partial charge in [-0.15, -0.1) is 11.3 Å². The molecular formula is C9H10N2OS. The second kappa shape index (κ2) is 4.47. The number of amides is 2. The first kappa shape index (κ1) is 9.54. The summed E-state index contributed by atoms with van der Waals surface area (Å²) in [6.07, 6.45) is 0. The molecule has 0 spiro atoms. The van der Waals surface area contributed by atoms with Gasteiger partial charge in [0.15, 0.2) is 0 Å². The third-order valence-electron chi connectivity index (χ3n) is 1.36. The molecule has 0 atom stereocenters. The number of carbonyl (C=O) groups is 1. The van der Waals surface area contributed by atoms with E-state index in [1.807, 2.05) is 0 Å². The zero-order valence-electron chi connectivity index (χ0n) is 6.94. The maximum absolute atomic E-state index is 9.00. The lowest BCUT2D eigenvalue weighted by Crippen LogP contribution is -2.18. The highest BCUT2D eigenvalue weighted by atomic mass is 32.1. The summed E-state index contributed by atoms with van der Waals surface area (Å²) in [5.74, 6) is 0. The Hall–Kier alpha value is -1.55. The SMILES string of the molecule is NC(N)=O.c1ccc2sccc2c1. The third-order valence-corrected chi connectivity index (χ3v) is 2.26. The Kier molecular flexibility index (Phi) is 3.28. The van der Waals surface area contributed by atoms with Gasteiger partial charge in [-0.05, 0) is 22.9 Å². The summed E-state index contributed by atoms with van der Waals surface area (Å²) in [6, 6.07) is 9.71. The lowest BCUT2D eigenvalue weighted by Gasteiger charge is -1.82. The topological polar surface area (TPSA) is 69.1 Å². The van der Waals surface area contributed by atoms with Crippen LogP contribution in [0.5, 0.6) is 0 Å². The van der Waals surface area contributed by atoms with Gasteiger partial charge in [0.2, 0.25) is 0 Å². The minimum Gasteiger partial charge on any atom is -0.352 e. The van der Waals surface area contributed by atoms with Crippen LogP contribution in [0.15, 0.2) is 35.7 Å². The molecule has 0 fully saturated rings. The molecule has 0 saturated carbocycles. The van der Waals surface area contributed by atoms with Crippen molar-refractivity contribution >= 4 is 27.5 Å².